The van der Waals surface area contributed by atoms with Crippen LogP contribution in [-0.4, -0.2) is 30.8 Å². The molecule has 26 heavy (non-hydrogen) atoms. The van der Waals surface area contributed by atoms with Crippen LogP contribution in [0.2, 0.25) is 0 Å². The minimum atomic E-state index is -1.14. The molecule has 7 nitrogen and oxygen atoms in total. The maximum Gasteiger partial charge on any atom is 0.338 e. The van der Waals surface area contributed by atoms with Crippen LogP contribution in [0.3, 0.4) is 0 Å². The standard InChI is InChI=1S/C18H17FN4O3/c19-14-7-15-13(6-12(14)10-4-2-1-3-5-10)16(24)22-18(21-15)23-9-11(8-20-23)17(25)26/h6-10H,1-5H2,(H,25,26)(H,21,22,24). The highest BCUT2D eigenvalue weighted by atomic mass is 19.1. The van der Waals surface area contributed by atoms with Crippen LogP contribution in [0, 0.1) is 5.82 Å². The lowest BCUT2D eigenvalue weighted by molar-refractivity contribution is 0.0697. The normalized spacial score (nSPS) is 15.4. The van der Waals surface area contributed by atoms with Crippen molar-refractivity contribution >= 4 is 16.9 Å². The molecule has 0 bridgehead atoms. The van der Waals surface area contributed by atoms with Gasteiger partial charge in [0, 0.05) is 12.3 Å². The quantitative estimate of drug-likeness (QED) is 0.751. The Morgan fingerprint density at radius 2 is 2.04 bits per heavy atom. The van der Waals surface area contributed by atoms with Crippen LogP contribution in [0.25, 0.3) is 16.9 Å². The Kier molecular flexibility index (Phi) is 4.02. The molecule has 1 aliphatic carbocycles. The SMILES string of the molecule is O=C(O)c1cnn(-c2nc3cc(F)c(C4CCCCC4)cc3c(=O)[nH]2)c1. The van der Waals surface area contributed by atoms with Gasteiger partial charge >= 0.3 is 5.97 Å². The van der Waals surface area contributed by atoms with E-state index < -0.39 is 11.5 Å². The number of nitrogens with zero attached hydrogens (tertiary/aromatic N) is 3. The molecule has 0 radical (unpaired) electrons. The Morgan fingerprint density at radius 3 is 2.73 bits per heavy atom. The molecule has 4 rings (SSSR count). The van der Waals surface area contributed by atoms with Crippen molar-refractivity contribution in [2.45, 2.75) is 38.0 Å². The Morgan fingerprint density at radius 1 is 1.27 bits per heavy atom. The molecular formula is C18H17FN4O3. The van der Waals surface area contributed by atoms with Crippen molar-refractivity contribution in [2.75, 3.05) is 0 Å². The van der Waals surface area contributed by atoms with E-state index in [1.54, 1.807) is 6.07 Å². The summed E-state index contributed by atoms with van der Waals surface area (Å²) < 4.78 is 15.8. The van der Waals surface area contributed by atoms with Gasteiger partial charge in [-0.05, 0) is 30.4 Å². The lowest BCUT2D eigenvalue weighted by Gasteiger charge is -2.22. The molecule has 0 aliphatic heterocycles. The van der Waals surface area contributed by atoms with Crippen molar-refractivity contribution in [3.63, 3.8) is 0 Å². The molecule has 1 saturated carbocycles. The van der Waals surface area contributed by atoms with Crippen LogP contribution in [0.15, 0.2) is 29.3 Å². The minimum absolute atomic E-state index is 0.0356. The molecule has 1 fully saturated rings. The summed E-state index contributed by atoms with van der Waals surface area (Å²) in [7, 11) is 0. The van der Waals surface area contributed by atoms with Crippen molar-refractivity contribution in [1.82, 2.24) is 19.7 Å². The van der Waals surface area contributed by atoms with Crippen molar-refractivity contribution in [3.8, 4) is 5.95 Å². The van der Waals surface area contributed by atoms with Gasteiger partial charge in [-0.2, -0.15) is 5.10 Å². The van der Waals surface area contributed by atoms with Gasteiger partial charge in [0.05, 0.1) is 22.7 Å². The molecule has 2 aromatic heterocycles. The van der Waals surface area contributed by atoms with Crippen molar-refractivity contribution in [3.05, 3.63) is 51.8 Å². The summed E-state index contributed by atoms with van der Waals surface area (Å²) in [6, 6.07) is 2.88. The van der Waals surface area contributed by atoms with Crippen molar-refractivity contribution in [2.24, 2.45) is 0 Å². The summed E-state index contributed by atoms with van der Waals surface area (Å²) >= 11 is 0. The number of carbonyl (C=O) groups is 1. The fourth-order valence-electron chi connectivity index (χ4n) is 3.55. The van der Waals surface area contributed by atoms with Crippen molar-refractivity contribution in [1.29, 1.82) is 0 Å². The number of nitrogens with one attached hydrogen (secondary N) is 1. The maximum absolute atomic E-state index is 14.6. The third-order valence-corrected chi connectivity index (χ3v) is 4.90. The average molecular weight is 356 g/mol. The first-order chi connectivity index (χ1) is 12.5. The lowest BCUT2D eigenvalue weighted by Crippen LogP contribution is -2.15. The van der Waals surface area contributed by atoms with Crippen molar-refractivity contribution < 1.29 is 14.3 Å². The number of aromatic nitrogens is 4. The van der Waals surface area contributed by atoms with Gasteiger partial charge in [-0.25, -0.2) is 18.9 Å². The van der Waals surface area contributed by atoms with Crippen LogP contribution in [0.4, 0.5) is 4.39 Å². The number of carboxylic acid groups (broad SMARTS) is 1. The first-order valence-corrected chi connectivity index (χ1v) is 8.55. The number of carboxylic acids is 1. The first-order valence-electron chi connectivity index (χ1n) is 8.55. The third-order valence-electron chi connectivity index (χ3n) is 4.90. The first kappa shape index (κ1) is 16.4. The zero-order chi connectivity index (χ0) is 18.3. The predicted molar refractivity (Wildman–Crippen MR) is 92.2 cm³/mol. The highest BCUT2D eigenvalue weighted by Crippen LogP contribution is 2.35. The van der Waals surface area contributed by atoms with Crippen LogP contribution < -0.4 is 5.56 Å². The molecule has 1 aromatic carbocycles. The van der Waals surface area contributed by atoms with Gasteiger partial charge < -0.3 is 5.11 Å². The summed E-state index contributed by atoms with van der Waals surface area (Å²) in [6.45, 7) is 0. The fourth-order valence-corrected chi connectivity index (χ4v) is 3.55. The number of aromatic amines is 1. The largest absolute Gasteiger partial charge is 0.478 e. The molecule has 0 spiro atoms. The van der Waals surface area contributed by atoms with E-state index in [-0.39, 0.29) is 28.8 Å². The van der Waals surface area contributed by atoms with E-state index in [2.05, 4.69) is 15.1 Å². The summed E-state index contributed by atoms with van der Waals surface area (Å²) in [5.74, 6) is -1.32. The number of hydrogen-bond acceptors (Lipinski definition) is 4. The second-order valence-corrected chi connectivity index (χ2v) is 6.59. The highest BCUT2D eigenvalue weighted by Gasteiger charge is 2.21. The molecule has 134 valence electrons. The molecule has 2 N–H and O–H groups in total. The minimum Gasteiger partial charge on any atom is -0.478 e. The third kappa shape index (κ3) is 2.87. The summed E-state index contributed by atoms with van der Waals surface area (Å²) in [5, 5.41) is 13.2. The topological polar surface area (TPSA) is 101 Å². The van der Waals surface area contributed by atoms with Gasteiger partial charge in [-0.3, -0.25) is 9.78 Å². The molecule has 2 heterocycles. The monoisotopic (exact) mass is 356 g/mol. The number of hydrogen-bond donors (Lipinski definition) is 2. The molecule has 0 amide bonds. The molecule has 1 aliphatic rings. The van der Waals surface area contributed by atoms with Gasteiger partial charge in [0.15, 0.2) is 0 Å². The van der Waals surface area contributed by atoms with Crippen LogP contribution in [0.1, 0.15) is 53.9 Å². The molecular weight excluding hydrogens is 339 g/mol. The molecule has 0 saturated heterocycles. The zero-order valence-electron chi connectivity index (χ0n) is 13.9. The Bertz CT molecular complexity index is 1050. The van der Waals surface area contributed by atoms with E-state index in [0.29, 0.717) is 10.9 Å². The second-order valence-electron chi connectivity index (χ2n) is 6.59. The molecule has 3 aromatic rings. The fraction of sp³-hybridized carbons (Fsp3) is 0.333. The molecule has 8 heteroatoms. The number of rotatable bonds is 3. The lowest BCUT2D eigenvalue weighted by atomic mass is 9.83. The Balaban J connectivity index is 1.80. The smallest absolute Gasteiger partial charge is 0.338 e. The van der Waals surface area contributed by atoms with Crippen LogP contribution >= 0.6 is 0 Å². The van der Waals surface area contributed by atoms with E-state index in [9.17, 15) is 14.0 Å². The average Bonchev–Trinajstić information content (AvgIpc) is 3.12. The Labute approximate surface area is 147 Å². The van der Waals surface area contributed by atoms with E-state index in [0.717, 1.165) is 36.6 Å². The summed E-state index contributed by atoms with van der Waals surface area (Å²) in [5.41, 5.74) is 0.346. The number of halogens is 1. The zero-order valence-corrected chi connectivity index (χ0v) is 13.9. The van der Waals surface area contributed by atoms with Crippen LogP contribution in [0.5, 0.6) is 0 Å². The van der Waals surface area contributed by atoms with Gasteiger partial charge in [-0.1, -0.05) is 19.3 Å². The van der Waals surface area contributed by atoms with Gasteiger partial charge in [0.2, 0.25) is 5.95 Å². The Hall–Kier alpha value is -3.03. The maximum atomic E-state index is 14.6. The second kappa shape index (κ2) is 6.36. The molecule has 0 unspecified atom stereocenters. The van der Waals surface area contributed by atoms with Crippen LogP contribution in [-0.2, 0) is 0 Å². The number of fused-ring (bicyclic) bond motifs is 1. The summed E-state index contributed by atoms with van der Waals surface area (Å²) in [4.78, 5) is 30.3. The number of benzene rings is 1. The predicted octanol–water partition coefficient (Wildman–Crippen LogP) is 2.99. The van der Waals surface area contributed by atoms with Gasteiger partial charge in [0.25, 0.3) is 5.56 Å². The van der Waals surface area contributed by atoms with Gasteiger partial charge in [0.1, 0.15) is 5.82 Å². The number of H-pyrrole nitrogens is 1. The highest BCUT2D eigenvalue weighted by molar-refractivity contribution is 5.87. The number of aromatic carboxylic acids is 1. The van der Waals surface area contributed by atoms with E-state index in [1.165, 1.54) is 18.7 Å². The van der Waals surface area contributed by atoms with E-state index in [1.807, 2.05) is 0 Å². The summed E-state index contributed by atoms with van der Waals surface area (Å²) in [6.07, 6.45) is 7.55. The van der Waals surface area contributed by atoms with E-state index in [4.69, 9.17) is 5.11 Å². The van der Waals surface area contributed by atoms with Gasteiger partial charge in [-0.15, -0.1) is 0 Å². The van der Waals surface area contributed by atoms with E-state index >= 15 is 0 Å². The molecule has 0 atom stereocenters.